The van der Waals surface area contributed by atoms with Crippen LogP contribution in [0.1, 0.15) is 41.4 Å². The quantitative estimate of drug-likeness (QED) is 0.874. The molecule has 0 spiro atoms. The maximum atomic E-state index is 9.39. The van der Waals surface area contributed by atoms with Crippen LogP contribution in [-0.4, -0.2) is 21.4 Å². The van der Waals surface area contributed by atoms with Crippen LogP contribution >= 0.6 is 0 Å². The molecule has 3 N–H and O–H groups in total. The summed E-state index contributed by atoms with van der Waals surface area (Å²) in [6.45, 7) is 5.71. The molecule has 1 aromatic carbocycles. The van der Waals surface area contributed by atoms with E-state index >= 15 is 0 Å². The number of aliphatic hydroxyl groups is 1. The van der Waals surface area contributed by atoms with Gasteiger partial charge in [-0.15, -0.1) is 0 Å². The number of hydrogen-bond donors (Lipinski definition) is 2. The second-order valence-corrected chi connectivity index (χ2v) is 4.99. The molecule has 19 heavy (non-hydrogen) atoms. The second kappa shape index (κ2) is 5.50. The van der Waals surface area contributed by atoms with Gasteiger partial charge in [-0.05, 0) is 26.3 Å². The van der Waals surface area contributed by atoms with Crippen molar-refractivity contribution >= 4 is 0 Å². The molecule has 2 atom stereocenters. The molecule has 102 valence electrons. The lowest BCUT2D eigenvalue weighted by atomic mass is 10.0. The van der Waals surface area contributed by atoms with Gasteiger partial charge in [0.2, 0.25) is 5.89 Å². The molecule has 0 aliphatic rings. The Bertz CT molecular complexity index is 543. The van der Waals surface area contributed by atoms with Crippen LogP contribution in [0.5, 0.6) is 0 Å². The predicted molar refractivity (Wildman–Crippen MR) is 71.6 cm³/mol. The Morgan fingerprint density at radius 2 is 1.89 bits per heavy atom. The molecular weight excluding hydrogens is 242 g/mol. The van der Waals surface area contributed by atoms with Crippen molar-refractivity contribution in [2.45, 2.75) is 39.3 Å². The van der Waals surface area contributed by atoms with Gasteiger partial charge in [-0.3, -0.25) is 0 Å². The molecule has 5 heteroatoms. The summed E-state index contributed by atoms with van der Waals surface area (Å²) in [5, 5.41) is 13.3. The minimum absolute atomic E-state index is 0.273. The summed E-state index contributed by atoms with van der Waals surface area (Å²) >= 11 is 0. The average molecular weight is 261 g/mol. The van der Waals surface area contributed by atoms with Gasteiger partial charge >= 0.3 is 0 Å². The Hall–Kier alpha value is -1.72. The Balaban J connectivity index is 2.15. The molecule has 5 nitrogen and oxygen atoms in total. The van der Waals surface area contributed by atoms with Gasteiger partial charge in [-0.2, -0.15) is 4.98 Å². The Kier molecular flexibility index (Phi) is 3.97. The zero-order chi connectivity index (χ0) is 14.0. The lowest BCUT2D eigenvalue weighted by Gasteiger charge is -2.08. The lowest BCUT2D eigenvalue weighted by molar-refractivity contribution is 0.146. The summed E-state index contributed by atoms with van der Waals surface area (Å²) in [6.07, 6.45) is -0.118. The predicted octanol–water partition coefficient (Wildman–Crippen LogP) is 1.66. The van der Waals surface area contributed by atoms with Gasteiger partial charge in [0, 0.05) is 6.42 Å². The molecule has 0 bridgehead atoms. The van der Waals surface area contributed by atoms with Crippen LogP contribution in [-0.2, 0) is 6.42 Å². The van der Waals surface area contributed by atoms with E-state index in [9.17, 15) is 5.11 Å². The third kappa shape index (κ3) is 3.39. The summed E-state index contributed by atoms with van der Waals surface area (Å²) in [5.41, 5.74) is 9.30. The molecule has 0 radical (unpaired) electrons. The highest BCUT2D eigenvalue weighted by atomic mass is 16.5. The average Bonchev–Trinajstić information content (AvgIpc) is 2.74. The van der Waals surface area contributed by atoms with E-state index in [-0.39, 0.29) is 5.89 Å². The van der Waals surface area contributed by atoms with Gasteiger partial charge in [-0.1, -0.05) is 34.5 Å². The topological polar surface area (TPSA) is 85.2 Å². The molecule has 2 aromatic rings. The maximum absolute atomic E-state index is 9.39. The van der Waals surface area contributed by atoms with Crippen LogP contribution in [0.25, 0.3) is 0 Å². The van der Waals surface area contributed by atoms with E-state index in [0.29, 0.717) is 12.2 Å². The molecule has 0 saturated heterocycles. The van der Waals surface area contributed by atoms with Crippen LogP contribution in [0.2, 0.25) is 0 Å². The minimum atomic E-state index is -0.713. The van der Waals surface area contributed by atoms with Gasteiger partial charge in [0.25, 0.3) is 0 Å². The standard InChI is InChI=1S/C14H19N3O2/c1-8-4-9(2)6-11(5-8)7-12-16-14(19-17-12)13(15)10(3)18/h4-6,10,13,18H,7,15H2,1-3H3/t10-,13+/m1/s1. The number of rotatable bonds is 4. The lowest BCUT2D eigenvalue weighted by Crippen LogP contribution is -2.23. The summed E-state index contributed by atoms with van der Waals surface area (Å²) in [4.78, 5) is 4.22. The number of benzene rings is 1. The number of nitrogens with zero attached hydrogens (tertiary/aromatic N) is 2. The fourth-order valence-corrected chi connectivity index (χ4v) is 2.03. The van der Waals surface area contributed by atoms with Crippen molar-refractivity contribution in [3.8, 4) is 0 Å². The SMILES string of the molecule is Cc1cc(C)cc(Cc2noc([C@@H](N)[C@@H](C)O)n2)c1. The number of aromatic nitrogens is 2. The summed E-state index contributed by atoms with van der Waals surface area (Å²) in [5.74, 6) is 0.852. The molecule has 0 aliphatic carbocycles. The number of hydrogen-bond acceptors (Lipinski definition) is 5. The van der Waals surface area contributed by atoms with Gasteiger partial charge in [0.05, 0.1) is 6.10 Å². The van der Waals surface area contributed by atoms with Crippen molar-refractivity contribution in [1.82, 2.24) is 10.1 Å². The summed E-state index contributed by atoms with van der Waals surface area (Å²) in [7, 11) is 0. The van der Waals surface area contributed by atoms with Crippen molar-refractivity contribution in [3.63, 3.8) is 0 Å². The summed E-state index contributed by atoms with van der Waals surface area (Å²) in [6, 6.07) is 5.67. The third-order valence-electron chi connectivity index (χ3n) is 2.93. The van der Waals surface area contributed by atoms with E-state index in [1.807, 2.05) is 0 Å². The highest BCUT2D eigenvalue weighted by molar-refractivity contribution is 5.30. The van der Waals surface area contributed by atoms with Gasteiger partial charge in [0.1, 0.15) is 6.04 Å². The van der Waals surface area contributed by atoms with Crippen LogP contribution < -0.4 is 5.73 Å². The maximum Gasteiger partial charge on any atom is 0.246 e. The molecule has 0 fully saturated rings. The largest absolute Gasteiger partial charge is 0.391 e. The number of aliphatic hydroxyl groups excluding tert-OH is 1. The highest BCUT2D eigenvalue weighted by Gasteiger charge is 2.19. The van der Waals surface area contributed by atoms with Crippen molar-refractivity contribution in [3.05, 3.63) is 46.6 Å². The zero-order valence-electron chi connectivity index (χ0n) is 11.4. The third-order valence-corrected chi connectivity index (χ3v) is 2.93. The van der Waals surface area contributed by atoms with Crippen molar-refractivity contribution in [2.24, 2.45) is 5.73 Å². The molecule has 0 saturated carbocycles. The van der Waals surface area contributed by atoms with Crippen molar-refractivity contribution in [1.29, 1.82) is 0 Å². The summed E-state index contributed by atoms with van der Waals surface area (Å²) < 4.78 is 5.07. The van der Waals surface area contributed by atoms with Crippen LogP contribution in [0.15, 0.2) is 22.7 Å². The molecule has 0 amide bonds. The van der Waals surface area contributed by atoms with E-state index in [2.05, 4.69) is 42.2 Å². The first-order chi connectivity index (χ1) is 8.95. The Morgan fingerprint density at radius 1 is 1.26 bits per heavy atom. The van der Waals surface area contributed by atoms with Gasteiger partial charge < -0.3 is 15.4 Å². The van der Waals surface area contributed by atoms with Crippen LogP contribution in [0, 0.1) is 13.8 Å². The number of aryl methyl sites for hydroxylation is 2. The molecule has 1 heterocycles. The second-order valence-electron chi connectivity index (χ2n) is 4.99. The van der Waals surface area contributed by atoms with E-state index < -0.39 is 12.1 Å². The first-order valence-corrected chi connectivity index (χ1v) is 6.29. The molecule has 1 aromatic heterocycles. The van der Waals surface area contributed by atoms with Crippen molar-refractivity contribution < 1.29 is 9.63 Å². The molecule has 0 unspecified atom stereocenters. The smallest absolute Gasteiger partial charge is 0.246 e. The van der Waals surface area contributed by atoms with E-state index in [1.54, 1.807) is 6.92 Å². The Labute approximate surface area is 112 Å². The zero-order valence-corrected chi connectivity index (χ0v) is 11.4. The normalized spacial score (nSPS) is 14.4. The van der Waals surface area contributed by atoms with E-state index in [1.165, 1.54) is 11.1 Å². The molecule has 0 aliphatic heterocycles. The van der Waals surface area contributed by atoms with E-state index in [4.69, 9.17) is 10.3 Å². The Morgan fingerprint density at radius 3 is 2.47 bits per heavy atom. The van der Waals surface area contributed by atoms with Gasteiger partial charge in [-0.25, -0.2) is 0 Å². The fraction of sp³-hybridized carbons (Fsp3) is 0.429. The van der Waals surface area contributed by atoms with E-state index in [0.717, 1.165) is 5.56 Å². The monoisotopic (exact) mass is 261 g/mol. The first-order valence-electron chi connectivity index (χ1n) is 6.29. The van der Waals surface area contributed by atoms with Crippen LogP contribution in [0.4, 0.5) is 0 Å². The van der Waals surface area contributed by atoms with Crippen LogP contribution in [0.3, 0.4) is 0 Å². The highest BCUT2D eigenvalue weighted by Crippen LogP contribution is 2.15. The number of nitrogens with two attached hydrogens (primary N) is 1. The molecular formula is C14H19N3O2. The fourth-order valence-electron chi connectivity index (χ4n) is 2.03. The minimum Gasteiger partial charge on any atom is -0.391 e. The molecule has 2 rings (SSSR count). The van der Waals surface area contributed by atoms with Gasteiger partial charge in [0.15, 0.2) is 5.82 Å². The van der Waals surface area contributed by atoms with Crippen molar-refractivity contribution in [2.75, 3.05) is 0 Å². The first kappa shape index (κ1) is 13.7.